The van der Waals surface area contributed by atoms with Gasteiger partial charge >= 0.3 is 5.97 Å². The van der Waals surface area contributed by atoms with Crippen LogP contribution in [0.2, 0.25) is 0 Å². The first kappa shape index (κ1) is 12.8. The maximum atomic E-state index is 12.6. The summed E-state index contributed by atoms with van der Waals surface area (Å²) >= 11 is 0. The molecule has 0 amide bonds. The smallest absolute Gasteiger partial charge is 0.334 e. The van der Waals surface area contributed by atoms with Gasteiger partial charge in [-0.2, -0.15) is 0 Å². The Morgan fingerprint density at radius 3 is 2.68 bits per heavy atom. The van der Waals surface area contributed by atoms with Gasteiger partial charge in [-0.25, -0.2) is 4.79 Å². The molecule has 19 heavy (non-hydrogen) atoms. The second kappa shape index (κ2) is 3.88. The standard InChI is InChI=1S/C13H16O6/c1-16-10(14)8-5-12(17-2)4-7-6-19-13(18-3,9(7)8)11(12)15/h5,7,9H,4,6H2,1-3H3/t7-,9+,12+,13+/m0/s1. The molecule has 4 atom stereocenters. The molecule has 3 aliphatic carbocycles. The van der Waals surface area contributed by atoms with E-state index >= 15 is 0 Å². The first-order valence-corrected chi connectivity index (χ1v) is 6.15. The molecule has 2 fully saturated rings. The summed E-state index contributed by atoms with van der Waals surface area (Å²) in [6.45, 7) is 0.379. The highest BCUT2D eigenvalue weighted by atomic mass is 16.7. The minimum atomic E-state index is -1.41. The summed E-state index contributed by atoms with van der Waals surface area (Å²) in [5.41, 5.74) is -0.727. The predicted octanol–water partition coefficient (Wildman–Crippen LogP) is 0.0627. The Hall–Kier alpha value is -1.24. The number of ether oxygens (including phenoxy) is 4. The van der Waals surface area contributed by atoms with Crippen LogP contribution in [0.4, 0.5) is 0 Å². The van der Waals surface area contributed by atoms with Gasteiger partial charge in [0.15, 0.2) is 5.60 Å². The first-order valence-electron chi connectivity index (χ1n) is 6.15. The Balaban J connectivity index is 2.19. The van der Waals surface area contributed by atoms with E-state index in [4.69, 9.17) is 18.9 Å². The van der Waals surface area contributed by atoms with E-state index < -0.39 is 23.3 Å². The number of rotatable bonds is 3. The fourth-order valence-corrected chi connectivity index (χ4v) is 3.63. The third-order valence-electron chi connectivity index (χ3n) is 4.47. The van der Waals surface area contributed by atoms with Gasteiger partial charge in [-0.3, -0.25) is 4.79 Å². The largest absolute Gasteiger partial charge is 0.466 e. The molecule has 0 unspecified atom stereocenters. The van der Waals surface area contributed by atoms with E-state index in [1.54, 1.807) is 6.08 Å². The second-order valence-corrected chi connectivity index (χ2v) is 5.14. The topological polar surface area (TPSA) is 71.1 Å². The molecular formula is C13H16O6. The molecule has 0 N–H and O–H groups in total. The van der Waals surface area contributed by atoms with Crippen LogP contribution in [0, 0.1) is 11.8 Å². The third-order valence-corrected chi connectivity index (χ3v) is 4.47. The van der Waals surface area contributed by atoms with Crippen molar-refractivity contribution in [2.45, 2.75) is 17.8 Å². The molecule has 4 bridgehead atoms. The number of carbonyl (C=O) groups excluding carboxylic acids is 2. The van der Waals surface area contributed by atoms with E-state index in [9.17, 15) is 9.59 Å². The van der Waals surface area contributed by atoms with Crippen LogP contribution in [0.3, 0.4) is 0 Å². The van der Waals surface area contributed by atoms with Gasteiger partial charge in [0.2, 0.25) is 11.6 Å². The van der Waals surface area contributed by atoms with Crippen LogP contribution >= 0.6 is 0 Å². The van der Waals surface area contributed by atoms with Crippen molar-refractivity contribution in [1.82, 2.24) is 0 Å². The quantitative estimate of drug-likeness (QED) is 0.674. The maximum Gasteiger partial charge on any atom is 0.334 e. The number of Topliss-reactive ketones (excluding diaryl/α,β-unsaturated/α-hetero) is 1. The number of hydrogen-bond acceptors (Lipinski definition) is 6. The summed E-state index contributed by atoms with van der Waals surface area (Å²) < 4.78 is 21.2. The highest BCUT2D eigenvalue weighted by Crippen LogP contribution is 2.57. The average Bonchev–Trinajstić information content (AvgIpc) is 2.79. The van der Waals surface area contributed by atoms with Crippen molar-refractivity contribution in [1.29, 1.82) is 0 Å². The Morgan fingerprint density at radius 1 is 1.37 bits per heavy atom. The number of esters is 1. The van der Waals surface area contributed by atoms with E-state index in [0.717, 1.165) is 0 Å². The van der Waals surface area contributed by atoms with Crippen molar-refractivity contribution >= 4 is 11.8 Å². The molecule has 0 spiro atoms. The number of carbonyl (C=O) groups is 2. The molecule has 6 heteroatoms. The Bertz CT molecular complexity index is 484. The third kappa shape index (κ3) is 1.31. The zero-order valence-electron chi connectivity index (χ0n) is 11.1. The second-order valence-electron chi connectivity index (χ2n) is 5.14. The summed E-state index contributed by atoms with van der Waals surface area (Å²) in [5.74, 6) is -2.52. The normalized spacial score (nSPS) is 43.3. The number of ketones is 1. The van der Waals surface area contributed by atoms with Crippen LogP contribution in [0.25, 0.3) is 0 Å². The summed E-state index contributed by atoms with van der Waals surface area (Å²) in [5, 5.41) is 0. The fraction of sp³-hybridized carbons (Fsp3) is 0.692. The molecule has 0 aromatic heterocycles. The van der Waals surface area contributed by atoms with Crippen molar-refractivity contribution < 1.29 is 28.5 Å². The molecule has 0 radical (unpaired) electrons. The van der Waals surface area contributed by atoms with Gasteiger partial charge in [0, 0.05) is 19.8 Å². The zero-order chi connectivity index (χ0) is 13.8. The van der Waals surface area contributed by atoms with E-state index in [-0.39, 0.29) is 11.7 Å². The Labute approximate surface area is 110 Å². The van der Waals surface area contributed by atoms with Crippen molar-refractivity contribution in [2.24, 2.45) is 11.8 Å². The van der Waals surface area contributed by atoms with Gasteiger partial charge in [0.25, 0.3) is 0 Å². The molecule has 4 rings (SSSR count). The van der Waals surface area contributed by atoms with Crippen LogP contribution in [0.5, 0.6) is 0 Å². The van der Waals surface area contributed by atoms with Crippen LogP contribution in [-0.2, 0) is 28.5 Å². The van der Waals surface area contributed by atoms with Gasteiger partial charge in [0.05, 0.1) is 19.6 Å². The molecule has 4 aliphatic rings. The van der Waals surface area contributed by atoms with E-state index in [0.29, 0.717) is 18.6 Å². The molecule has 0 aromatic rings. The summed E-state index contributed by atoms with van der Waals surface area (Å²) in [7, 11) is 4.19. The Morgan fingerprint density at radius 2 is 2.11 bits per heavy atom. The Kier molecular flexibility index (Phi) is 2.61. The highest BCUT2D eigenvalue weighted by Gasteiger charge is 2.71. The summed E-state index contributed by atoms with van der Waals surface area (Å²) in [6, 6.07) is 0. The van der Waals surface area contributed by atoms with Crippen molar-refractivity contribution in [3.8, 4) is 0 Å². The van der Waals surface area contributed by atoms with E-state index in [2.05, 4.69) is 0 Å². The van der Waals surface area contributed by atoms with E-state index in [1.165, 1.54) is 21.3 Å². The SMILES string of the molecule is COC(=O)C1=C[C@]2(OC)C[C@H]3CO[C@@](OC)(C2=O)[C@@H]13. The summed E-state index contributed by atoms with van der Waals surface area (Å²) in [6.07, 6.45) is 2.09. The average molecular weight is 268 g/mol. The monoisotopic (exact) mass is 268 g/mol. The van der Waals surface area contributed by atoms with Gasteiger partial charge < -0.3 is 18.9 Å². The first-order chi connectivity index (χ1) is 9.04. The van der Waals surface area contributed by atoms with Crippen LogP contribution in [0.15, 0.2) is 11.6 Å². The number of methoxy groups -OCH3 is 3. The molecule has 1 saturated heterocycles. The molecule has 6 nitrogen and oxygen atoms in total. The lowest BCUT2D eigenvalue weighted by atomic mass is 9.60. The lowest BCUT2D eigenvalue weighted by Crippen LogP contribution is -2.65. The fourth-order valence-electron chi connectivity index (χ4n) is 3.63. The molecule has 104 valence electrons. The lowest BCUT2D eigenvalue weighted by molar-refractivity contribution is -0.230. The zero-order valence-corrected chi connectivity index (χ0v) is 11.1. The number of hydrogen-bond donors (Lipinski definition) is 0. The van der Waals surface area contributed by atoms with Gasteiger partial charge in [0.1, 0.15) is 0 Å². The summed E-state index contributed by atoms with van der Waals surface area (Å²) in [4.78, 5) is 24.6. The highest BCUT2D eigenvalue weighted by molar-refractivity contribution is 6.04. The molecular weight excluding hydrogens is 252 g/mol. The molecule has 1 saturated carbocycles. The van der Waals surface area contributed by atoms with Crippen LogP contribution < -0.4 is 0 Å². The predicted molar refractivity (Wildman–Crippen MR) is 62.1 cm³/mol. The van der Waals surface area contributed by atoms with Gasteiger partial charge in [-0.15, -0.1) is 0 Å². The van der Waals surface area contributed by atoms with Gasteiger partial charge in [-0.05, 0) is 18.4 Å². The van der Waals surface area contributed by atoms with Gasteiger partial charge in [-0.1, -0.05) is 0 Å². The molecule has 1 aliphatic heterocycles. The molecule has 0 aromatic carbocycles. The lowest BCUT2D eigenvalue weighted by Gasteiger charge is -2.49. The van der Waals surface area contributed by atoms with Crippen molar-refractivity contribution in [2.75, 3.05) is 27.9 Å². The maximum absolute atomic E-state index is 12.6. The van der Waals surface area contributed by atoms with Crippen molar-refractivity contribution in [3.05, 3.63) is 11.6 Å². The minimum absolute atomic E-state index is 0.0247. The van der Waals surface area contributed by atoms with E-state index in [1.807, 2.05) is 0 Å². The van der Waals surface area contributed by atoms with Crippen LogP contribution in [0.1, 0.15) is 6.42 Å². The molecule has 1 heterocycles. The minimum Gasteiger partial charge on any atom is -0.466 e. The van der Waals surface area contributed by atoms with Crippen LogP contribution in [-0.4, -0.2) is 51.1 Å². The van der Waals surface area contributed by atoms with Crippen molar-refractivity contribution in [3.63, 3.8) is 0 Å².